The smallest absolute Gasteiger partial charge is 0.407 e. The molecule has 3 aromatic rings. The lowest BCUT2D eigenvalue weighted by Gasteiger charge is -2.14. The molecule has 0 spiro atoms. The van der Waals surface area contributed by atoms with E-state index < -0.39 is 11.0 Å². The molecule has 154 valence electrons. The van der Waals surface area contributed by atoms with Crippen LogP contribution in [0.1, 0.15) is 32.3 Å². The van der Waals surface area contributed by atoms with E-state index in [1.165, 1.54) is 6.07 Å². The predicted octanol–water partition coefficient (Wildman–Crippen LogP) is 4.36. The van der Waals surface area contributed by atoms with Gasteiger partial charge in [-0.2, -0.15) is 0 Å². The Bertz CT molecular complexity index is 1190. The normalized spacial score (nSPS) is 11.6. The van der Waals surface area contributed by atoms with Crippen molar-refractivity contribution < 1.29 is 19.2 Å². The Labute approximate surface area is 181 Å². The largest absolute Gasteiger partial charge is 0.449 e. The van der Waals surface area contributed by atoms with Gasteiger partial charge in [-0.1, -0.05) is 71.7 Å². The van der Waals surface area contributed by atoms with Crippen molar-refractivity contribution in [2.45, 2.75) is 5.92 Å². The molecule has 2 aromatic carbocycles. The Kier molecular flexibility index (Phi) is 5.78. The number of carbonyl (C=O) groups is 2. The van der Waals surface area contributed by atoms with Gasteiger partial charge in [-0.05, 0) is 28.3 Å². The average molecular weight is 432 g/mol. The highest BCUT2D eigenvalue weighted by Crippen LogP contribution is 2.44. The third kappa shape index (κ3) is 4.17. The molecule has 0 aliphatic heterocycles. The van der Waals surface area contributed by atoms with E-state index in [2.05, 4.69) is 29.3 Å². The summed E-state index contributed by atoms with van der Waals surface area (Å²) in [5.41, 5.74) is 4.67. The minimum atomic E-state index is -0.621. The van der Waals surface area contributed by atoms with E-state index in [4.69, 9.17) is 4.74 Å². The number of hydrogen-bond donors (Lipinski definition) is 1. The van der Waals surface area contributed by atoms with Crippen molar-refractivity contribution in [3.8, 4) is 23.0 Å². The van der Waals surface area contributed by atoms with Crippen LogP contribution in [0.2, 0.25) is 0 Å². The number of aldehydes is 1. The number of thiophene rings is 1. The number of ether oxygens (including phenoxy) is 1. The number of fused-ring (bicyclic) bond motifs is 3. The van der Waals surface area contributed by atoms with Crippen LogP contribution in [0.3, 0.4) is 0 Å². The maximum atomic E-state index is 12.1. The summed E-state index contributed by atoms with van der Waals surface area (Å²) in [6.45, 7) is 0.145. The SMILES string of the molecule is O=Cc1cc(C#CCNC(=O)OCC2c3ccccc3-c3ccccc32)c([N+](=O)[O-])s1. The number of nitrogens with one attached hydrogen (secondary N) is 1. The van der Waals surface area contributed by atoms with Gasteiger partial charge in [0.2, 0.25) is 0 Å². The number of alkyl carbamates (subject to hydrolysis) is 1. The summed E-state index contributed by atoms with van der Waals surface area (Å²) in [5.74, 6) is 5.22. The van der Waals surface area contributed by atoms with Crippen molar-refractivity contribution >= 4 is 28.7 Å². The fourth-order valence-electron chi connectivity index (χ4n) is 3.59. The molecule has 1 aliphatic rings. The van der Waals surface area contributed by atoms with Crippen molar-refractivity contribution in [3.05, 3.63) is 86.3 Å². The molecular weight excluding hydrogens is 416 g/mol. The Balaban J connectivity index is 1.36. The zero-order chi connectivity index (χ0) is 21.8. The van der Waals surface area contributed by atoms with E-state index in [9.17, 15) is 19.7 Å². The number of rotatable bonds is 5. The van der Waals surface area contributed by atoms with Gasteiger partial charge in [0, 0.05) is 5.92 Å². The molecule has 31 heavy (non-hydrogen) atoms. The molecule has 1 N–H and O–H groups in total. The lowest BCUT2D eigenvalue weighted by molar-refractivity contribution is -0.380. The maximum Gasteiger partial charge on any atom is 0.407 e. The zero-order valence-electron chi connectivity index (χ0n) is 16.2. The van der Waals surface area contributed by atoms with Crippen LogP contribution in [-0.2, 0) is 4.74 Å². The molecule has 0 fully saturated rings. The molecule has 4 rings (SSSR count). The standard InChI is InChI=1S/C23H16N2O5S/c26-13-16-12-15(22(31-16)25(28)29)6-5-11-24-23(27)30-14-21-19-9-3-1-7-17(19)18-8-2-4-10-20(18)21/h1-4,7-10,12-13,21H,11,14H2,(H,24,27). The number of hydrogen-bond acceptors (Lipinski definition) is 6. The van der Waals surface area contributed by atoms with Crippen molar-refractivity contribution in [1.82, 2.24) is 5.32 Å². The van der Waals surface area contributed by atoms with Crippen LogP contribution in [-0.4, -0.2) is 30.5 Å². The first kappa shape index (κ1) is 20.3. The zero-order valence-corrected chi connectivity index (χ0v) is 17.0. The molecule has 0 bridgehead atoms. The summed E-state index contributed by atoms with van der Waals surface area (Å²) >= 11 is 0.761. The van der Waals surface area contributed by atoms with Crippen molar-refractivity contribution in [3.63, 3.8) is 0 Å². The molecule has 1 heterocycles. The van der Waals surface area contributed by atoms with Gasteiger partial charge in [0.1, 0.15) is 12.2 Å². The lowest BCUT2D eigenvalue weighted by Crippen LogP contribution is -2.26. The Morgan fingerprint density at radius 3 is 2.42 bits per heavy atom. The second-order valence-electron chi connectivity index (χ2n) is 6.72. The highest BCUT2D eigenvalue weighted by atomic mass is 32.1. The number of nitrogens with zero attached hydrogens (tertiary/aromatic N) is 1. The van der Waals surface area contributed by atoms with Crippen LogP contribution in [0.25, 0.3) is 11.1 Å². The van der Waals surface area contributed by atoms with Crippen molar-refractivity contribution in [2.24, 2.45) is 0 Å². The van der Waals surface area contributed by atoms with Crippen LogP contribution in [0.4, 0.5) is 9.80 Å². The molecule has 0 saturated heterocycles. The van der Waals surface area contributed by atoms with Crippen molar-refractivity contribution in [1.29, 1.82) is 0 Å². The van der Waals surface area contributed by atoms with E-state index in [0.717, 1.165) is 33.6 Å². The van der Waals surface area contributed by atoms with E-state index in [-0.39, 0.29) is 34.5 Å². The lowest BCUT2D eigenvalue weighted by atomic mass is 9.98. The monoisotopic (exact) mass is 432 g/mol. The molecule has 0 unspecified atom stereocenters. The number of amides is 1. The van der Waals surface area contributed by atoms with Crippen LogP contribution in [0.15, 0.2) is 54.6 Å². The summed E-state index contributed by atoms with van der Waals surface area (Å²) < 4.78 is 5.41. The predicted molar refractivity (Wildman–Crippen MR) is 116 cm³/mol. The second kappa shape index (κ2) is 8.81. The Hall–Kier alpha value is -3.96. The number of benzene rings is 2. The highest BCUT2D eigenvalue weighted by molar-refractivity contribution is 7.17. The van der Waals surface area contributed by atoms with E-state index in [1.54, 1.807) is 0 Å². The second-order valence-corrected chi connectivity index (χ2v) is 7.79. The maximum absolute atomic E-state index is 12.1. The first-order valence-corrected chi connectivity index (χ1v) is 10.2. The van der Waals surface area contributed by atoms with Crippen molar-refractivity contribution in [2.75, 3.05) is 13.2 Å². The van der Waals surface area contributed by atoms with Gasteiger partial charge in [0.25, 0.3) is 0 Å². The fraction of sp³-hybridized carbons (Fsp3) is 0.130. The van der Waals surface area contributed by atoms with E-state index in [1.807, 2.05) is 36.4 Å². The molecule has 0 radical (unpaired) electrons. The molecular formula is C23H16N2O5S. The summed E-state index contributed by atoms with van der Waals surface area (Å²) in [5, 5.41) is 13.3. The topological polar surface area (TPSA) is 98.5 Å². The molecule has 1 aromatic heterocycles. The van der Waals surface area contributed by atoms with Crippen LogP contribution >= 0.6 is 11.3 Å². The van der Waals surface area contributed by atoms with E-state index >= 15 is 0 Å². The van der Waals surface area contributed by atoms with Crippen LogP contribution in [0, 0.1) is 22.0 Å². The highest BCUT2D eigenvalue weighted by Gasteiger charge is 2.28. The molecule has 0 saturated carbocycles. The molecule has 8 heteroatoms. The summed E-state index contributed by atoms with van der Waals surface area (Å²) in [7, 11) is 0. The van der Waals surface area contributed by atoms with Gasteiger partial charge in [-0.3, -0.25) is 14.9 Å². The third-order valence-electron chi connectivity index (χ3n) is 4.90. The Morgan fingerprint density at radius 2 is 1.81 bits per heavy atom. The van der Waals surface area contributed by atoms with Gasteiger partial charge in [-0.25, -0.2) is 4.79 Å². The average Bonchev–Trinajstić information content (AvgIpc) is 3.34. The third-order valence-corrected chi connectivity index (χ3v) is 5.91. The van der Waals surface area contributed by atoms with Gasteiger partial charge in [0.05, 0.1) is 16.3 Å². The van der Waals surface area contributed by atoms with Gasteiger partial charge >= 0.3 is 11.1 Å². The quantitative estimate of drug-likeness (QED) is 0.280. The Morgan fingerprint density at radius 1 is 1.16 bits per heavy atom. The van der Waals surface area contributed by atoms with Crippen LogP contribution in [0.5, 0.6) is 0 Å². The summed E-state index contributed by atoms with van der Waals surface area (Å²) in [4.78, 5) is 33.6. The van der Waals surface area contributed by atoms with Gasteiger partial charge in [0.15, 0.2) is 6.29 Å². The number of nitro groups is 1. The molecule has 1 amide bonds. The fourth-order valence-corrected chi connectivity index (χ4v) is 4.33. The minimum absolute atomic E-state index is 0.0416. The van der Waals surface area contributed by atoms with Crippen LogP contribution < -0.4 is 5.32 Å². The van der Waals surface area contributed by atoms with E-state index in [0.29, 0.717) is 6.29 Å². The first-order valence-electron chi connectivity index (χ1n) is 9.39. The van der Waals surface area contributed by atoms with Gasteiger partial charge < -0.3 is 10.1 Å². The summed E-state index contributed by atoms with van der Waals surface area (Å²) in [6, 6.07) is 17.4. The summed E-state index contributed by atoms with van der Waals surface area (Å²) in [6.07, 6.45) is -0.0813. The molecule has 0 atom stereocenters. The minimum Gasteiger partial charge on any atom is -0.449 e. The number of carbonyl (C=O) groups excluding carboxylic acids is 2. The van der Waals surface area contributed by atoms with Gasteiger partial charge in [-0.15, -0.1) is 0 Å². The molecule has 7 nitrogen and oxygen atoms in total. The first-order chi connectivity index (χ1) is 15.1. The molecule has 1 aliphatic carbocycles.